The molecule has 0 N–H and O–H groups in total. The quantitative estimate of drug-likeness (QED) is 0.789. The number of nitrogens with zero attached hydrogens (tertiary/aromatic N) is 2. The number of methoxy groups -OCH3 is 1. The Morgan fingerprint density at radius 2 is 2.06 bits per heavy atom. The minimum atomic E-state index is -0.0780. The molecule has 0 fully saturated rings. The van der Waals surface area contributed by atoms with Crippen LogP contribution in [0.5, 0.6) is 0 Å². The van der Waals surface area contributed by atoms with Crippen LogP contribution >= 0.6 is 0 Å². The summed E-state index contributed by atoms with van der Waals surface area (Å²) in [4.78, 5) is 4.37. The fourth-order valence-electron chi connectivity index (χ4n) is 1.68. The fourth-order valence-corrected chi connectivity index (χ4v) is 1.68. The molecule has 1 aromatic carbocycles. The summed E-state index contributed by atoms with van der Waals surface area (Å²) in [5.41, 5.74) is 2.16. The van der Waals surface area contributed by atoms with Gasteiger partial charge in [0.2, 0.25) is 0 Å². The van der Waals surface area contributed by atoms with Crippen LogP contribution in [-0.4, -0.2) is 22.3 Å². The minimum absolute atomic E-state index is 0.0780. The lowest BCUT2D eigenvalue weighted by molar-refractivity contribution is 0.0123. The van der Waals surface area contributed by atoms with Gasteiger partial charge in [0.05, 0.1) is 23.0 Å². The smallest absolute Gasteiger partial charge is 0.0958 e. The highest BCUT2D eigenvalue weighted by Crippen LogP contribution is 2.17. The highest BCUT2D eigenvalue weighted by molar-refractivity contribution is 5.74. The number of hydrogen-bond acceptors (Lipinski definition) is 2. The van der Waals surface area contributed by atoms with E-state index in [1.54, 1.807) is 7.11 Å². The van der Waals surface area contributed by atoms with E-state index in [1.165, 1.54) is 5.52 Å². The molecule has 0 unspecified atom stereocenters. The molecule has 0 radical (unpaired) electrons. The Hall–Kier alpha value is -1.35. The lowest BCUT2D eigenvalue weighted by Crippen LogP contribution is -2.24. The van der Waals surface area contributed by atoms with E-state index in [1.807, 2.05) is 24.5 Å². The van der Waals surface area contributed by atoms with Crippen molar-refractivity contribution in [3.63, 3.8) is 0 Å². The second-order valence-electron chi connectivity index (χ2n) is 4.64. The topological polar surface area (TPSA) is 27.1 Å². The molecule has 0 saturated heterocycles. The third-order valence-corrected chi connectivity index (χ3v) is 3.03. The van der Waals surface area contributed by atoms with E-state index in [4.69, 9.17) is 4.74 Å². The van der Waals surface area contributed by atoms with Crippen LogP contribution in [0.3, 0.4) is 0 Å². The largest absolute Gasteiger partial charge is 0.379 e. The van der Waals surface area contributed by atoms with E-state index < -0.39 is 0 Å². The number of aromatic nitrogens is 2. The molecule has 0 bridgehead atoms. The molecule has 0 atom stereocenters. The van der Waals surface area contributed by atoms with Gasteiger partial charge in [-0.15, -0.1) is 0 Å². The molecule has 0 amide bonds. The molecular formula is C13H18N2O. The van der Waals surface area contributed by atoms with Crippen LogP contribution in [0, 0.1) is 0 Å². The standard InChI is InChI=1S/C13H18N2O/c1-13(2,16-3)8-9-15-10-14-11-6-4-5-7-12(11)15/h4-7,10H,8-9H2,1-3H3. The molecule has 0 spiro atoms. The lowest BCUT2D eigenvalue weighted by atomic mass is 10.1. The van der Waals surface area contributed by atoms with Crippen LogP contribution in [0.4, 0.5) is 0 Å². The van der Waals surface area contributed by atoms with Crippen molar-refractivity contribution in [1.82, 2.24) is 9.55 Å². The molecule has 16 heavy (non-hydrogen) atoms. The fraction of sp³-hybridized carbons (Fsp3) is 0.462. The molecule has 0 aliphatic heterocycles. The van der Waals surface area contributed by atoms with Crippen LogP contribution in [0.25, 0.3) is 11.0 Å². The molecule has 0 saturated carbocycles. The van der Waals surface area contributed by atoms with Crippen molar-refractivity contribution in [2.75, 3.05) is 7.11 Å². The number of benzene rings is 1. The zero-order valence-corrected chi connectivity index (χ0v) is 10.1. The van der Waals surface area contributed by atoms with Crippen molar-refractivity contribution < 1.29 is 4.74 Å². The molecule has 3 heteroatoms. The summed E-state index contributed by atoms with van der Waals surface area (Å²) in [7, 11) is 1.76. The first kappa shape index (κ1) is 11.1. The van der Waals surface area contributed by atoms with Crippen molar-refractivity contribution in [3.8, 4) is 0 Å². The monoisotopic (exact) mass is 218 g/mol. The maximum absolute atomic E-state index is 5.41. The number of rotatable bonds is 4. The maximum atomic E-state index is 5.41. The molecule has 0 aliphatic carbocycles. The predicted molar refractivity (Wildman–Crippen MR) is 65.4 cm³/mol. The van der Waals surface area contributed by atoms with Crippen molar-refractivity contribution in [1.29, 1.82) is 0 Å². The highest BCUT2D eigenvalue weighted by Gasteiger charge is 2.16. The van der Waals surface area contributed by atoms with Crippen LogP contribution in [-0.2, 0) is 11.3 Å². The summed E-state index contributed by atoms with van der Waals surface area (Å²) < 4.78 is 7.59. The number of aryl methyl sites for hydroxylation is 1. The average Bonchev–Trinajstić information content (AvgIpc) is 2.70. The van der Waals surface area contributed by atoms with Gasteiger partial charge >= 0.3 is 0 Å². The third kappa shape index (κ3) is 2.25. The summed E-state index contributed by atoms with van der Waals surface area (Å²) in [5.74, 6) is 0. The Bertz CT molecular complexity index is 473. The average molecular weight is 218 g/mol. The van der Waals surface area contributed by atoms with Gasteiger partial charge in [0, 0.05) is 13.7 Å². The van der Waals surface area contributed by atoms with Gasteiger partial charge in [-0.2, -0.15) is 0 Å². The number of fused-ring (bicyclic) bond motifs is 1. The van der Waals surface area contributed by atoms with Crippen molar-refractivity contribution in [2.45, 2.75) is 32.4 Å². The van der Waals surface area contributed by atoms with Gasteiger partial charge in [-0.05, 0) is 32.4 Å². The molecule has 2 aromatic rings. The molecule has 86 valence electrons. The zero-order chi connectivity index (χ0) is 11.6. The van der Waals surface area contributed by atoms with Crippen LogP contribution in [0.2, 0.25) is 0 Å². The number of para-hydroxylation sites is 2. The highest BCUT2D eigenvalue weighted by atomic mass is 16.5. The molecule has 1 heterocycles. The van der Waals surface area contributed by atoms with Gasteiger partial charge < -0.3 is 9.30 Å². The molecule has 1 aromatic heterocycles. The number of ether oxygens (including phenoxy) is 1. The van der Waals surface area contributed by atoms with Gasteiger partial charge in [0.1, 0.15) is 0 Å². The SMILES string of the molecule is COC(C)(C)CCn1cnc2ccccc21. The lowest BCUT2D eigenvalue weighted by Gasteiger charge is -2.22. The van der Waals surface area contributed by atoms with E-state index in [0.717, 1.165) is 18.5 Å². The van der Waals surface area contributed by atoms with E-state index in [-0.39, 0.29) is 5.60 Å². The second-order valence-corrected chi connectivity index (χ2v) is 4.64. The van der Waals surface area contributed by atoms with Gasteiger partial charge in [-0.25, -0.2) is 4.98 Å². The summed E-state index contributed by atoms with van der Waals surface area (Å²) in [6, 6.07) is 8.19. The van der Waals surface area contributed by atoms with Gasteiger partial charge in [0.15, 0.2) is 0 Å². The van der Waals surface area contributed by atoms with E-state index in [2.05, 4.69) is 29.5 Å². The minimum Gasteiger partial charge on any atom is -0.379 e. The normalized spacial score (nSPS) is 12.2. The Balaban J connectivity index is 2.16. The zero-order valence-electron chi connectivity index (χ0n) is 10.1. The third-order valence-electron chi connectivity index (χ3n) is 3.03. The first-order valence-electron chi connectivity index (χ1n) is 5.57. The van der Waals surface area contributed by atoms with Gasteiger partial charge in [-0.3, -0.25) is 0 Å². The Morgan fingerprint density at radius 1 is 1.31 bits per heavy atom. The Morgan fingerprint density at radius 3 is 2.81 bits per heavy atom. The van der Waals surface area contributed by atoms with Crippen molar-refractivity contribution in [2.24, 2.45) is 0 Å². The first-order chi connectivity index (χ1) is 7.62. The summed E-state index contributed by atoms with van der Waals surface area (Å²) in [5, 5.41) is 0. The van der Waals surface area contributed by atoms with Crippen LogP contribution < -0.4 is 0 Å². The number of hydrogen-bond donors (Lipinski definition) is 0. The van der Waals surface area contributed by atoms with Crippen molar-refractivity contribution >= 4 is 11.0 Å². The summed E-state index contributed by atoms with van der Waals surface area (Å²) in [6.45, 7) is 5.14. The predicted octanol–water partition coefficient (Wildman–Crippen LogP) is 2.85. The van der Waals surface area contributed by atoms with Gasteiger partial charge in [0.25, 0.3) is 0 Å². The Kier molecular flexibility index (Phi) is 2.97. The first-order valence-corrected chi connectivity index (χ1v) is 5.57. The summed E-state index contributed by atoms with van der Waals surface area (Å²) >= 11 is 0. The van der Waals surface area contributed by atoms with E-state index in [0.29, 0.717) is 0 Å². The van der Waals surface area contributed by atoms with Crippen molar-refractivity contribution in [3.05, 3.63) is 30.6 Å². The Labute approximate surface area is 96.1 Å². The van der Waals surface area contributed by atoms with Crippen LogP contribution in [0.1, 0.15) is 20.3 Å². The maximum Gasteiger partial charge on any atom is 0.0958 e. The molecule has 0 aliphatic rings. The molecule has 2 rings (SSSR count). The molecule has 3 nitrogen and oxygen atoms in total. The van der Waals surface area contributed by atoms with Crippen LogP contribution in [0.15, 0.2) is 30.6 Å². The number of imidazole rings is 1. The molecular weight excluding hydrogens is 200 g/mol. The van der Waals surface area contributed by atoms with E-state index >= 15 is 0 Å². The van der Waals surface area contributed by atoms with Gasteiger partial charge in [-0.1, -0.05) is 12.1 Å². The second kappa shape index (κ2) is 4.26. The van der Waals surface area contributed by atoms with E-state index in [9.17, 15) is 0 Å². The summed E-state index contributed by atoms with van der Waals surface area (Å²) in [6.07, 6.45) is 2.88.